The molecule has 18 heavy (non-hydrogen) atoms. The molecule has 1 aromatic heterocycles. The number of carbonyl (C=O) groups is 1. The van der Waals surface area contributed by atoms with Gasteiger partial charge in [0.2, 0.25) is 5.91 Å². The molecule has 0 aromatic carbocycles. The minimum Gasteiger partial charge on any atom is -0.369 e. The Bertz CT molecular complexity index is 448. The fourth-order valence-electron chi connectivity index (χ4n) is 3.30. The molecule has 2 aliphatic rings. The van der Waals surface area contributed by atoms with Crippen molar-refractivity contribution in [3.63, 3.8) is 0 Å². The highest BCUT2D eigenvalue weighted by atomic mass is 16.2. The Kier molecular flexibility index (Phi) is 2.73. The molecule has 0 radical (unpaired) electrons. The first kappa shape index (κ1) is 11.5. The summed E-state index contributed by atoms with van der Waals surface area (Å²) < 4.78 is 0. The number of nitrogens with zero attached hydrogens (tertiary/aromatic N) is 3. The van der Waals surface area contributed by atoms with Gasteiger partial charge in [0.1, 0.15) is 0 Å². The quantitative estimate of drug-likeness (QED) is 0.755. The summed E-state index contributed by atoms with van der Waals surface area (Å²) in [4.78, 5) is 20.2. The fraction of sp³-hybridized carbons (Fsp3) is 0.571. The number of likely N-dealkylation sites (N-methyl/N-ethyl adjacent to an activating group) is 1. The minimum absolute atomic E-state index is 0.0681. The van der Waals surface area contributed by atoms with Crippen LogP contribution in [0.15, 0.2) is 24.5 Å². The molecule has 4 heteroatoms. The third kappa shape index (κ3) is 1.76. The summed E-state index contributed by atoms with van der Waals surface area (Å²) in [5.41, 5.74) is 1.29. The SMILES string of the molecule is CN1C(=O)CCC12CCCN(c1ccncc1)C2. The van der Waals surface area contributed by atoms with E-state index in [4.69, 9.17) is 0 Å². The molecule has 1 aromatic rings. The number of piperidine rings is 1. The third-order valence-electron chi connectivity index (χ3n) is 4.47. The van der Waals surface area contributed by atoms with Gasteiger partial charge in [0, 0.05) is 44.6 Å². The van der Waals surface area contributed by atoms with Gasteiger partial charge in [-0.3, -0.25) is 9.78 Å². The first-order chi connectivity index (χ1) is 8.71. The summed E-state index contributed by atoms with van der Waals surface area (Å²) in [6, 6.07) is 4.10. The van der Waals surface area contributed by atoms with Crippen molar-refractivity contribution in [3.05, 3.63) is 24.5 Å². The van der Waals surface area contributed by atoms with Crippen LogP contribution in [-0.2, 0) is 4.79 Å². The number of anilines is 1. The Morgan fingerprint density at radius 2 is 2.06 bits per heavy atom. The van der Waals surface area contributed by atoms with Crippen molar-refractivity contribution < 1.29 is 4.79 Å². The number of carbonyl (C=O) groups excluding carboxylic acids is 1. The third-order valence-corrected chi connectivity index (χ3v) is 4.47. The van der Waals surface area contributed by atoms with E-state index in [2.05, 4.69) is 22.0 Å². The lowest BCUT2D eigenvalue weighted by Crippen LogP contribution is -2.55. The summed E-state index contributed by atoms with van der Waals surface area (Å²) in [5, 5.41) is 0. The minimum atomic E-state index is 0.0681. The predicted molar refractivity (Wildman–Crippen MR) is 70.4 cm³/mol. The maximum absolute atomic E-state index is 11.8. The summed E-state index contributed by atoms with van der Waals surface area (Å²) >= 11 is 0. The van der Waals surface area contributed by atoms with Crippen molar-refractivity contribution in [1.29, 1.82) is 0 Å². The van der Waals surface area contributed by atoms with E-state index in [1.807, 2.05) is 24.3 Å². The number of hydrogen-bond donors (Lipinski definition) is 0. The van der Waals surface area contributed by atoms with Gasteiger partial charge in [0.05, 0.1) is 5.54 Å². The maximum Gasteiger partial charge on any atom is 0.222 e. The first-order valence-corrected chi connectivity index (χ1v) is 6.63. The standard InChI is InChI=1S/C14H19N3O/c1-16-13(18)3-7-14(16)6-2-10-17(11-14)12-4-8-15-9-5-12/h4-5,8-9H,2-3,6-7,10-11H2,1H3. The molecule has 0 bridgehead atoms. The molecule has 2 fully saturated rings. The van der Waals surface area contributed by atoms with Crippen LogP contribution in [0.25, 0.3) is 0 Å². The van der Waals surface area contributed by atoms with Gasteiger partial charge in [-0.25, -0.2) is 0 Å². The highest BCUT2D eigenvalue weighted by Gasteiger charge is 2.45. The van der Waals surface area contributed by atoms with Crippen LogP contribution in [0.1, 0.15) is 25.7 Å². The Hall–Kier alpha value is -1.58. The predicted octanol–water partition coefficient (Wildman–Crippen LogP) is 1.67. The van der Waals surface area contributed by atoms with Crippen LogP contribution < -0.4 is 4.90 Å². The zero-order valence-electron chi connectivity index (χ0n) is 10.8. The Labute approximate surface area is 108 Å². The van der Waals surface area contributed by atoms with E-state index in [0.29, 0.717) is 12.3 Å². The average Bonchev–Trinajstić information content (AvgIpc) is 2.69. The summed E-state index contributed by atoms with van der Waals surface area (Å²) in [5.74, 6) is 0.298. The number of amides is 1. The molecule has 1 unspecified atom stereocenters. The van der Waals surface area contributed by atoms with Crippen molar-refractivity contribution in [2.45, 2.75) is 31.2 Å². The summed E-state index contributed by atoms with van der Waals surface area (Å²) in [6.07, 6.45) is 7.67. The van der Waals surface area contributed by atoms with Gasteiger partial charge in [0.15, 0.2) is 0 Å². The van der Waals surface area contributed by atoms with Gasteiger partial charge >= 0.3 is 0 Å². The molecule has 4 nitrogen and oxygen atoms in total. The van der Waals surface area contributed by atoms with Crippen LogP contribution in [0.4, 0.5) is 5.69 Å². The zero-order chi connectivity index (χ0) is 12.6. The molecule has 3 rings (SSSR count). The van der Waals surface area contributed by atoms with Crippen LogP contribution >= 0.6 is 0 Å². The molecule has 2 saturated heterocycles. The fourth-order valence-corrected chi connectivity index (χ4v) is 3.30. The second kappa shape index (κ2) is 4.26. The van der Waals surface area contributed by atoms with Crippen LogP contribution in [-0.4, -0.2) is 41.5 Å². The van der Waals surface area contributed by atoms with E-state index in [0.717, 1.165) is 32.4 Å². The lowest BCUT2D eigenvalue weighted by molar-refractivity contribution is -0.129. The molecule has 0 aliphatic carbocycles. The van der Waals surface area contributed by atoms with E-state index in [1.165, 1.54) is 5.69 Å². The van der Waals surface area contributed by atoms with Crippen LogP contribution in [0, 0.1) is 0 Å². The number of pyridine rings is 1. The Morgan fingerprint density at radius 3 is 2.72 bits per heavy atom. The largest absolute Gasteiger partial charge is 0.369 e. The number of hydrogen-bond acceptors (Lipinski definition) is 3. The molecule has 2 aliphatic heterocycles. The molecular weight excluding hydrogens is 226 g/mol. The zero-order valence-corrected chi connectivity index (χ0v) is 10.8. The van der Waals surface area contributed by atoms with Crippen LogP contribution in [0.3, 0.4) is 0 Å². The second-order valence-electron chi connectivity index (χ2n) is 5.41. The summed E-state index contributed by atoms with van der Waals surface area (Å²) in [7, 11) is 1.96. The van der Waals surface area contributed by atoms with Crippen molar-refractivity contribution in [1.82, 2.24) is 9.88 Å². The van der Waals surface area contributed by atoms with E-state index in [-0.39, 0.29) is 5.54 Å². The molecule has 3 heterocycles. The number of aromatic nitrogens is 1. The smallest absolute Gasteiger partial charge is 0.222 e. The van der Waals surface area contributed by atoms with Crippen molar-refractivity contribution in [2.75, 3.05) is 25.0 Å². The van der Waals surface area contributed by atoms with E-state index < -0.39 is 0 Å². The van der Waals surface area contributed by atoms with Crippen molar-refractivity contribution in [3.8, 4) is 0 Å². The van der Waals surface area contributed by atoms with Crippen molar-refractivity contribution in [2.24, 2.45) is 0 Å². The topological polar surface area (TPSA) is 36.4 Å². The van der Waals surface area contributed by atoms with Gasteiger partial charge in [-0.2, -0.15) is 0 Å². The van der Waals surface area contributed by atoms with Crippen LogP contribution in [0.2, 0.25) is 0 Å². The second-order valence-corrected chi connectivity index (χ2v) is 5.41. The van der Waals surface area contributed by atoms with E-state index in [1.54, 1.807) is 0 Å². The van der Waals surface area contributed by atoms with Crippen molar-refractivity contribution >= 4 is 11.6 Å². The number of likely N-dealkylation sites (tertiary alicyclic amines) is 1. The normalized spacial score (nSPS) is 28.2. The number of rotatable bonds is 1. The van der Waals surface area contributed by atoms with Gasteiger partial charge in [-0.15, -0.1) is 0 Å². The lowest BCUT2D eigenvalue weighted by Gasteiger charge is -2.45. The van der Waals surface area contributed by atoms with Gasteiger partial charge in [0.25, 0.3) is 0 Å². The Morgan fingerprint density at radius 1 is 1.28 bits per heavy atom. The van der Waals surface area contributed by atoms with E-state index >= 15 is 0 Å². The molecular formula is C14H19N3O. The molecule has 96 valence electrons. The van der Waals surface area contributed by atoms with Gasteiger partial charge < -0.3 is 9.80 Å². The molecule has 1 spiro atoms. The highest BCUT2D eigenvalue weighted by molar-refractivity contribution is 5.79. The summed E-state index contributed by atoms with van der Waals surface area (Å²) in [6.45, 7) is 2.03. The average molecular weight is 245 g/mol. The Balaban J connectivity index is 1.83. The molecule has 1 amide bonds. The molecule has 0 saturated carbocycles. The monoisotopic (exact) mass is 245 g/mol. The van der Waals surface area contributed by atoms with Gasteiger partial charge in [-0.05, 0) is 31.4 Å². The highest BCUT2D eigenvalue weighted by Crippen LogP contribution is 2.37. The van der Waals surface area contributed by atoms with E-state index in [9.17, 15) is 4.79 Å². The van der Waals surface area contributed by atoms with Gasteiger partial charge in [-0.1, -0.05) is 0 Å². The lowest BCUT2D eigenvalue weighted by atomic mass is 9.86. The molecule has 1 atom stereocenters. The van der Waals surface area contributed by atoms with Crippen LogP contribution in [0.5, 0.6) is 0 Å². The first-order valence-electron chi connectivity index (χ1n) is 6.63. The molecule has 0 N–H and O–H groups in total. The maximum atomic E-state index is 11.8.